The molecule has 0 aromatic carbocycles. The van der Waals surface area contributed by atoms with Gasteiger partial charge in [0.15, 0.2) is 35.3 Å². The van der Waals surface area contributed by atoms with Crippen molar-refractivity contribution < 1.29 is 37.9 Å². The number of nitrogens with zero attached hydrogens (tertiary/aromatic N) is 4. The molecule has 2 unspecified atom stereocenters. The Hall–Kier alpha value is -3.31. The Morgan fingerprint density at radius 1 is 1.31 bits per heavy atom. The fourth-order valence-electron chi connectivity index (χ4n) is 4.04. The molecule has 0 spiro atoms. The lowest BCUT2D eigenvalue weighted by atomic mass is 10.0. The van der Waals surface area contributed by atoms with Crippen LogP contribution in [-0.4, -0.2) is 66.2 Å². The summed E-state index contributed by atoms with van der Waals surface area (Å²) in [4.78, 5) is 43.8. The summed E-state index contributed by atoms with van der Waals surface area (Å²) < 4.78 is 35.4. The molecule has 0 aliphatic carbocycles. The molecule has 1 saturated heterocycles. The number of carbonyl (C=O) groups excluding carboxylic acids is 1. The molecule has 2 aromatic heterocycles. The molecule has 0 radical (unpaired) electrons. The number of allylic oxidation sites excluding steroid dienone is 5. The van der Waals surface area contributed by atoms with E-state index >= 15 is 0 Å². The first-order valence-corrected chi connectivity index (χ1v) is 14.4. The van der Waals surface area contributed by atoms with Crippen LogP contribution < -0.4 is 22.1 Å². The maximum atomic E-state index is 12.6. The number of ether oxygens (including phenoxy) is 3. The lowest BCUT2D eigenvalue weighted by Gasteiger charge is -2.37. The van der Waals surface area contributed by atoms with Crippen LogP contribution in [0.1, 0.15) is 40.5 Å². The standard InChI is InChI=1S/C25H37N8O8P/c1-6-9-10-17(8-3)31-24(34)32-21-19-22(29-13-28-21)33(14-30-19)23(26)41-25(27,12-38-42(35,36)37)20-16(5)39-18(40-20)11-15(4)7-2/h6-10,13-14,16,18,20,23H,1,11-12,26-27H2,2-5H3,(H2,35,36,37)(H2,28,29,31,32,34)/b10-9-,15-7+,17-8+/t16-,18?,20-,23?,25-/m1/s1. The first-order chi connectivity index (χ1) is 19.8. The van der Waals surface area contributed by atoms with Crippen LogP contribution in [0.4, 0.5) is 10.6 Å². The number of hydrogen-bond donors (Lipinski definition) is 6. The van der Waals surface area contributed by atoms with Gasteiger partial charge >= 0.3 is 13.9 Å². The zero-order valence-electron chi connectivity index (χ0n) is 23.7. The first-order valence-electron chi connectivity index (χ1n) is 12.9. The van der Waals surface area contributed by atoms with E-state index in [-0.39, 0.29) is 17.0 Å². The fourth-order valence-corrected chi connectivity index (χ4v) is 4.41. The number of amides is 2. The van der Waals surface area contributed by atoms with Gasteiger partial charge in [-0.05, 0) is 33.8 Å². The molecular weight excluding hydrogens is 571 g/mol. The van der Waals surface area contributed by atoms with Gasteiger partial charge in [0.1, 0.15) is 25.4 Å². The second-order valence-corrected chi connectivity index (χ2v) is 10.6. The summed E-state index contributed by atoms with van der Waals surface area (Å²) in [5.41, 5.74) is 12.7. The molecular formula is C25H37N8O8P. The summed E-state index contributed by atoms with van der Waals surface area (Å²) in [6.45, 7) is 10.0. The van der Waals surface area contributed by atoms with Crippen LogP contribution in [0.5, 0.6) is 0 Å². The molecule has 1 aliphatic rings. The largest absolute Gasteiger partial charge is 0.469 e. The van der Waals surface area contributed by atoms with Crippen molar-refractivity contribution in [3.05, 3.63) is 60.9 Å². The summed E-state index contributed by atoms with van der Waals surface area (Å²) in [6.07, 6.45) is 7.62. The molecule has 2 amide bonds. The van der Waals surface area contributed by atoms with Crippen molar-refractivity contribution in [3.8, 4) is 0 Å². The number of nitrogens with two attached hydrogens (primary N) is 2. The number of hydrogen-bond acceptors (Lipinski definition) is 11. The van der Waals surface area contributed by atoms with E-state index in [2.05, 4.69) is 32.2 Å². The smallest absolute Gasteiger partial charge is 0.346 e. The van der Waals surface area contributed by atoms with Gasteiger partial charge in [-0.1, -0.05) is 36.5 Å². The number of phosphoric acid groups is 1. The molecule has 1 aliphatic heterocycles. The second kappa shape index (κ2) is 14.2. The molecule has 0 saturated carbocycles. The summed E-state index contributed by atoms with van der Waals surface area (Å²) in [5.74, 6) is 0.0822. The van der Waals surface area contributed by atoms with E-state index in [1.54, 1.807) is 38.2 Å². The normalized spacial score (nSPS) is 22.3. The van der Waals surface area contributed by atoms with Gasteiger partial charge < -0.3 is 29.3 Å². The summed E-state index contributed by atoms with van der Waals surface area (Å²) >= 11 is 0. The predicted molar refractivity (Wildman–Crippen MR) is 153 cm³/mol. The van der Waals surface area contributed by atoms with Gasteiger partial charge in [-0.3, -0.25) is 25.9 Å². The third-order valence-corrected chi connectivity index (χ3v) is 6.66. The number of nitrogens with one attached hydrogen (secondary N) is 2. The van der Waals surface area contributed by atoms with Crippen LogP contribution in [0.2, 0.25) is 0 Å². The van der Waals surface area contributed by atoms with E-state index in [1.807, 2.05) is 19.9 Å². The van der Waals surface area contributed by atoms with Crippen LogP contribution >= 0.6 is 7.82 Å². The van der Waals surface area contributed by atoms with Crippen molar-refractivity contribution in [2.75, 3.05) is 11.9 Å². The highest BCUT2D eigenvalue weighted by molar-refractivity contribution is 7.46. The predicted octanol–water partition coefficient (Wildman–Crippen LogP) is 2.28. The fraction of sp³-hybridized carbons (Fsp3) is 0.440. The van der Waals surface area contributed by atoms with Gasteiger partial charge in [-0.2, -0.15) is 0 Å². The van der Waals surface area contributed by atoms with Gasteiger partial charge in [-0.25, -0.2) is 24.3 Å². The van der Waals surface area contributed by atoms with Crippen molar-refractivity contribution in [2.45, 2.75) is 64.7 Å². The number of urea groups is 1. The topological polar surface area (TPSA) is 231 Å². The Morgan fingerprint density at radius 3 is 2.69 bits per heavy atom. The Labute approximate surface area is 242 Å². The van der Waals surface area contributed by atoms with Gasteiger partial charge in [-0.15, -0.1) is 0 Å². The van der Waals surface area contributed by atoms with Crippen molar-refractivity contribution >= 4 is 30.8 Å². The summed E-state index contributed by atoms with van der Waals surface area (Å²) in [7, 11) is -4.95. The van der Waals surface area contributed by atoms with Gasteiger partial charge in [0.25, 0.3) is 0 Å². The van der Waals surface area contributed by atoms with E-state index in [9.17, 15) is 19.1 Å². The summed E-state index contributed by atoms with van der Waals surface area (Å²) in [6, 6.07) is -0.586. The van der Waals surface area contributed by atoms with E-state index in [0.29, 0.717) is 12.1 Å². The van der Waals surface area contributed by atoms with Crippen LogP contribution in [0.3, 0.4) is 0 Å². The van der Waals surface area contributed by atoms with Crippen LogP contribution in [0.15, 0.2) is 60.9 Å². The number of imidazole rings is 1. The average molecular weight is 609 g/mol. The minimum absolute atomic E-state index is 0.0822. The number of carbonyl (C=O) groups is 1. The quantitative estimate of drug-likeness (QED) is 0.0830. The molecule has 3 rings (SSSR count). The van der Waals surface area contributed by atoms with E-state index < -0.39 is 51.0 Å². The Kier molecular flexibility index (Phi) is 11.3. The molecule has 0 bridgehead atoms. The SMILES string of the molecule is C=C/C=C\C(=C/C)NC(=O)Nc1ncnc2c1ncn2C(N)O[C@](N)(COP(=O)(O)O)[C@@H]1OC(C/C(C)=C/C)O[C@@H]1C. The van der Waals surface area contributed by atoms with Gasteiger partial charge in [0.2, 0.25) is 0 Å². The number of rotatable bonds is 13. The molecule has 1 fully saturated rings. The minimum atomic E-state index is -4.95. The molecule has 2 aromatic rings. The number of anilines is 1. The van der Waals surface area contributed by atoms with Crippen LogP contribution in [-0.2, 0) is 23.3 Å². The van der Waals surface area contributed by atoms with Crippen molar-refractivity contribution in [1.82, 2.24) is 24.8 Å². The van der Waals surface area contributed by atoms with Crippen molar-refractivity contribution in [3.63, 3.8) is 0 Å². The first kappa shape index (κ1) is 33.2. The Balaban J connectivity index is 1.85. The van der Waals surface area contributed by atoms with Crippen molar-refractivity contribution in [1.29, 1.82) is 0 Å². The van der Waals surface area contributed by atoms with Gasteiger partial charge in [0.05, 0.1) is 6.10 Å². The molecule has 17 heteroatoms. The molecule has 230 valence electrons. The van der Waals surface area contributed by atoms with E-state index in [4.69, 9.17) is 30.2 Å². The van der Waals surface area contributed by atoms with Gasteiger partial charge in [0, 0.05) is 12.1 Å². The maximum Gasteiger partial charge on any atom is 0.469 e. The molecule has 3 heterocycles. The van der Waals surface area contributed by atoms with Crippen LogP contribution in [0, 0.1) is 0 Å². The van der Waals surface area contributed by atoms with Crippen molar-refractivity contribution in [2.24, 2.45) is 11.5 Å². The minimum Gasteiger partial charge on any atom is -0.346 e. The second-order valence-electron chi connectivity index (χ2n) is 9.36. The third-order valence-electron chi connectivity index (χ3n) is 6.20. The zero-order chi connectivity index (χ0) is 31.1. The maximum absolute atomic E-state index is 12.6. The highest BCUT2D eigenvalue weighted by atomic mass is 31.2. The number of phosphoric ester groups is 1. The highest BCUT2D eigenvalue weighted by Gasteiger charge is 2.50. The highest BCUT2D eigenvalue weighted by Crippen LogP contribution is 2.39. The summed E-state index contributed by atoms with van der Waals surface area (Å²) in [5, 5.41) is 5.27. The zero-order valence-corrected chi connectivity index (χ0v) is 24.6. The molecule has 8 N–H and O–H groups in total. The number of aromatic nitrogens is 4. The van der Waals surface area contributed by atoms with Crippen LogP contribution in [0.25, 0.3) is 11.2 Å². The molecule has 42 heavy (non-hydrogen) atoms. The lowest BCUT2D eigenvalue weighted by Crippen LogP contribution is -2.61. The lowest BCUT2D eigenvalue weighted by molar-refractivity contribution is -0.201. The number of fused-ring (bicyclic) bond motifs is 1. The molecule has 16 nitrogen and oxygen atoms in total. The van der Waals surface area contributed by atoms with E-state index in [1.165, 1.54) is 17.2 Å². The Bertz CT molecular complexity index is 1410. The van der Waals surface area contributed by atoms with E-state index in [0.717, 1.165) is 5.57 Å². The third kappa shape index (κ3) is 8.61. The Morgan fingerprint density at radius 2 is 2.05 bits per heavy atom. The molecule has 5 atom stereocenters. The average Bonchev–Trinajstić information content (AvgIpc) is 3.53. The monoisotopic (exact) mass is 608 g/mol.